The lowest BCUT2D eigenvalue weighted by molar-refractivity contribution is 0.315. The summed E-state index contributed by atoms with van der Waals surface area (Å²) in [7, 11) is -3.13. The summed E-state index contributed by atoms with van der Waals surface area (Å²) in [4.78, 5) is 8.80. The van der Waals surface area contributed by atoms with E-state index in [-0.39, 0.29) is 5.92 Å². The van der Waals surface area contributed by atoms with Crippen LogP contribution in [0.4, 0.5) is 10.9 Å². The van der Waals surface area contributed by atoms with Crippen molar-refractivity contribution in [2.75, 3.05) is 24.7 Å². The standard InChI is InChI=1S/C14H18N4O2S2/c1-22(19,20)18-8-4-5-11(9-18)12-10-21-14(16-12)17-13-6-2-3-7-15-13/h2-3,6-7,10-11H,4-5,8-9H2,1H3,(H,15,16,17)/t11-/m0/s1. The number of rotatable bonds is 4. The lowest BCUT2D eigenvalue weighted by Gasteiger charge is -2.29. The number of pyridine rings is 1. The van der Waals surface area contributed by atoms with Crippen molar-refractivity contribution in [3.8, 4) is 0 Å². The molecule has 0 bridgehead atoms. The van der Waals surface area contributed by atoms with Crippen LogP contribution >= 0.6 is 11.3 Å². The topological polar surface area (TPSA) is 75.2 Å². The first-order chi connectivity index (χ1) is 10.5. The van der Waals surface area contributed by atoms with Crippen LogP contribution in [0.2, 0.25) is 0 Å². The minimum atomic E-state index is -3.13. The predicted molar refractivity (Wildman–Crippen MR) is 88.0 cm³/mol. The molecular formula is C14H18N4O2S2. The lowest BCUT2D eigenvalue weighted by Crippen LogP contribution is -2.38. The van der Waals surface area contributed by atoms with Crippen molar-refractivity contribution < 1.29 is 8.42 Å². The maximum absolute atomic E-state index is 11.7. The molecule has 0 unspecified atom stereocenters. The normalized spacial score (nSPS) is 20.0. The largest absolute Gasteiger partial charge is 0.316 e. The molecule has 1 aliphatic rings. The highest BCUT2D eigenvalue weighted by molar-refractivity contribution is 7.88. The van der Waals surface area contributed by atoms with E-state index in [4.69, 9.17) is 0 Å². The average Bonchev–Trinajstić information content (AvgIpc) is 2.96. The molecule has 1 N–H and O–H groups in total. The van der Waals surface area contributed by atoms with Gasteiger partial charge in [-0.25, -0.2) is 22.7 Å². The van der Waals surface area contributed by atoms with Gasteiger partial charge in [0.2, 0.25) is 10.0 Å². The molecule has 3 rings (SSSR count). The Kier molecular flexibility index (Phi) is 4.42. The average molecular weight is 338 g/mol. The van der Waals surface area contributed by atoms with E-state index in [9.17, 15) is 8.42 Å². The Hall–Kier alpha value is -1.51. The molecular weight excluding hydrogens is 320 g/mol. The number of nitrogens with one attached hydrogen (secondary N) is 1. The summed E-state index contributed by atoms with van der Waals surface area (Å²) >= 11 is 1.52. The Bertz CT molecular complexity index is 730. The highest BCUT2D eigenvalue weighted by atomic mass is 32.2. The molecule has 118 valence electrons. The first kappa shape index (κ1) is 15.4. The molecule has 1 atom stereocenters. The smallest absolute Gasteiger partial charge is 0.211 e. The van der Waals surface area contributed by atoms with Crippen molar-refractivity contribution in [1.82, 2.24) is 14.3 Å². The highest BCUT2D eigenvalue weighted by Crippen LogP contribution is 2.31. The quantitative estimate of drug-likeness (QED) is 0.926. The molecule has 0 aromatic carbocycles. The van der Waals surface area contributed by atoms with Crippen molar-refractivity contribution in [2.24, 2.45) is 0 Å². The number of piperidine rings is 1. The summed E-state index contributed by atoms with van der Waals surface area (Å²) in [5.74, 6) is 0.920. The van der Waals surface area contributed by atoms with E-state index in [0.717, 1.165) is 29.5 Å². The Balaban J connectivity index is 1.71. The van der Waals surface area contributed by atoms with E-state index in [1.165, 1.54) is 17.6 Å². The van der Waals surface area contributed by atoms with Gasteiger partial charge in [0.05, 0.1) is 11.9 Å². The Morgan fingerprint density at radius 1 is 1.41 bits per heavy atom. The monoisotopic (exact) mass is 338 g/mol. The van der Waals surface area contributed by atoms with Gasteiger partial charge < -0.3 is 5.32 Å². The fourth-order valence-corrected chi connectivity index (χ4v) is 4.27. The number of hydrogen-bond donors (Lipinski definition) is 1. The van der Waals surface area contributed by atoms with Gasteiger partial charge >= 0.3 is 0 Å². The van der Waals surface area contributed by atoms with Crippen molar-refractivity contribution >= 4 is 32.3 Å². The van der Waals surface area contributed by atoms with Gasteiger partial charge in [0.15, 0.2) is 5.13 Å². The Morgan fingerprint density at radius 2 is 2.27 bits per heavy atom. The van der Waals surface area contributed by atoms with Crippen molar-refractivity contribution in [1.29, 1.82) is 0 Å². The third kappa shape index (κ3) is 3.63. The fourth-order valence-electron chi connectivity index (χ4n) is 2.56. The van der Waals surface area contributed by atoms with Crippen LogP contribution in [-0.2, 0) is 10.0 Å². The zero-order chi connectivity index (χ0) is 15.6. The minimum Gasteiger partial charge on any atom is -0.316 e. The fraction of sp³-hybridized carbons (Fsp3) is 0.429. The van der Waals surface area contributed by atoms with Gasteiger partial charge in [-0.1, -0.05) is 6.07 Å². The number of nitrogens with zero attached hydrogens (tertiary/aromatic N) is 3. The van der Waals surface area contributed by atoms with Crippen LogP contribution in [-0.4, -0.2) is 42.0 Å². The third-order valence-electron chi connectivity index (χ3n) is 3.69. The summed E-state index contributed by atoms with van der Waals surface area (Å²) in [5.41, 5.74) is 0.955. The Morgan fingerprint density at radius 3 is 3.00 bits per heavy atom. The molecule has 0 saturated carbocycles. The third-order valence-corrected chi connectivity index (χ3v) is 5.74. The second-order valence-corrected chi connectivity index (χ2v) is 8.22. The minimum absolute atomic E-state index is 0.166. The van der Waals surface area contributed by atoms with Gasteiger partial charge in [-0.05, 0) is 25.0 Å². The maximum Gasteiger partial charge on any atom is 0.211 e. The molecule has 6 nitrogen and oxygen atoms in total. The number of sulfonamides is 1. The van der Waals surface area contributed by atoms with Gasteiger partial charge in [0, 0.05) is 30.6 Å². The van der Waals surface area contributed by atoms with E-state index in [1.54, 1.807) is 10.5 Å². The summed E-state index contributed by atoms with van der Waals surface area (Å²) < 4.78 is 24.9. The number of aromatic nitrogens is 2. The van der Waals surface area contributed by atoms with Crippen LogP contribution in [0.3, 0.4) is 0 Å². The summed E-state index contributed by atoms with van der Waals surface area (Å²) in [5, 5.41) is 5.95. The maximum atomic E-state index is 11.7. The zero-order valence-electron chi connectivity index (χ0n) is 12.3. The summed E-state index contributed by atoms with van der Waals surface area (Å²) in [6, 6.07) is 5.66. The first-order valence-corrected chi connectivity index (χ1v) is 9.84. The van der Waals surface area contributed by atoms with Crippen molar-refractivity contribution in [3.05, 3.63) is 35.5 Å². The lowest BCUT2D eigenvalue weighted by atomic mass is 9.97. The van der Waals surface area contributed by atoms with Gasteiger partial charge in [-0.15, -0.1) is 11.3 Å². The van der Waals surface area contributed by atoms with E-state index in [2.05, 4.69) is 15.3 Å². The van der Waals surface area contributed by atoms with Crippen LogP contribution in [0.1, 0.15) is 24.5 Å². The molecule has 1 saturated heterocycles. The number of hydrogen-bond acceptors (Lipinski definition) is 6. The van der Waals surface area contributed by atoms with Crippen LogP contribution in [0.25, 0.3) is 0 Å². The molecule has 3 heterocycles. The zero-order valence-corrected chi connectivity index (χ0v) is 13.9. The second kappa shape index (κ2) is 6.31. The van der Waals surface area contributed by atoms with Gasteiger partial charge in [0.1, 0.15) is 5.82 Å². The molecule has 1 aliphatic heterocycles. The van der Waals surface area contributed by atoms with Crippen LogP contribution in [0, 0.1) is 0 Å². The van der Waals surface area contributed by atoms with Crippen LogP contribution in [0.15, 0.2) is 29.8 Å². The summed E-state index contributed by atoms with van der Waals surface area (Å²) in [6.45, 7) is 1.13. The number of anilines is 2. The van der Waals surface area contributed by atoms with E-state index in [1.807, 2.05) is 23.6 Å². The highest BCUT2D eigenvalue weighted by Gasteiger charge is 2.28. The molecule has 0 aliphatic carbocycles. The predicted octanol–water partition coefficient (Wildman–Crippen LogP) is 2.42. The van der Waals surface area contributed by atoms with Crippen molar-refractivity contribution in [2.45, 2.75) is 18.8 Å². The SMILES string of the molecule is CS(=O)(=O)N1CCC[C@H](c2csc(Nc3ccccn3)n2)C1. The van der Waals surface area contributed by atoms with Gasteiger partial charge in [0.25, 0.3) is 0 Å². The van der Waals surface area contributed by atoms with E-state index < -0.39 is 10.0 Å². The molecule has 0 amide bonds. The van der Waals surface area contributed by atoms with Crippen molar-refractivity contribution in [3.63, 3.8) is 0 Å². The first-order valence-electron chi connectivity index (χ1n) is 7.11. The van der Waals surface area contributed by atoms with Gasteiger partial charge in [-0.3, -0.25) is 0 Å². The number of thiazole rings is 1. The Labute approximate surface area is 134 Å². The van der Waals surface area contributed by atoms with E-state index in [0.29, 0.717) is 13.1 Å². The molecule has 2 aromatic heterocycles. The second-order valence-electron chi connectivity index (χ2n) is 5.38. The van der Waals surface area contributed by atoms with Gasteiger partial charge in [-0.2, -0.15) is 0 Å². The summed E-state index contributed by atoms with van der Waals surface area (Å²) in [6.07, 6.45) is 4.84. The molecule has 0 radical (unpaired) electrons. The molecule has 1 fully saturated rings. The molecule has 8 heteroatoms. The molecule has 2 aromatic rings. The molecule has 22 heavy (non-hydrogen) atoms. The van der Waals surface area contributed by atoms with E-state index >= 15 is 0 Å². The molecule has 0 spiro atoms. The van der Waals surface area contributed by atoms with Crippen LogP contribution < -0.4 is 5.32 Å². The van der Waals surface area contributed by atoms with Crippen LogP contribution in [0.5, 0.6) is 0 Å².